The molecule has 1 rings (SSSR count). The summed E-state index contributed by atoms with van der Waals surface area (Å²) in [5.41, 5.74) is 1.17. The monoisotopic (exact) mass is 262 g/mol. The molecule has 0 fully saturated rings. The van der Waals surface area contributed by atoms with Crippen molar-refractivity contribution in [1.29, 1.82) is 0 Å². The number of rotatable bonds is 6. The van der Waals surface area contributed by atoms with E-state index in [-0.39, 0.29) is 11.4 Å². The average Bonchev–Trinajstić information content (AvgIpc) is 2.37. The van der Waals surface area contributed by atoms with Crippen LogP contribution in [0.1, 0.15) is 39.7 Å². The second-order valence-corrected chi connectivity index (χ2v) is 6.04. The van der Waals surface area contributed by atoms with Gasteiger partial charge in [0.1, 0.15) is 0 Å². The molecule has 19 heavy (non-hydrogen) atoms. The first-order valence-electron chi connectivity index (χ1n) is 6.99. The van der Waals surface area contributed by atoms with Crippen molar-refractivity contribution in [2.24, 2.45) is 5.92 Å². The van der Waals surface area contributed by atoms with E-state index in [0.717, 1.165) is 13.0 Å². The summed E-state index contributed by atoms with van der Waals surface area (Å²) in [7, 11) is 0. The molecule has 0 atom stereocenters. The van der Waals surface area contributed by atoms with E-state index < -0.39 is 0 Å². The highest BCUT2D eigenvalue weighted by Gasteiger charge is 2.20. The minimum absolute atomic E-state index is 0.0589. The molecule has 1 aromatic carbocycles. The van der Waals surface area contributed by atoms with Gasteiger partial charge in [-0.3, -0.25) is 0 Å². The molecule has 0 aliphatic carbocycles. The Hall–Kier alpha value is -1.51. The summed E-state index contributed by atoms with van der Waals surface area (Å²) < 4.78 is 0. The summed E-state index contributed by atoms with van der Waals surface area (Å²) in [6, 6.07) is 10.2. The summed E-state index contributed by atoms with van der Waals surface area (Å²) >= 11 is 0. The largest absolute Gasteiger partial charge is 0.338 e. The number of carbonyl (C=O) groups is 1. The molecule has 0 heterocycles. The molecule has 0 aliphatic rings. The van der Waals surface area contributed by atoms with E-state index in [1.165, 1.54) is 5.56 Å². The van der Waals surface area contributed by atoms with Crippen LogP contribution in [0.25, 0.3) is 0 Å². The van der Waals surface area contributed by atoms with Gasteiger partial charge in [-0.1, -0.05) is 58.0 Å². The number of benzene rings is 1. The third-order valence-corrected chi connectivity index (χ3v) is 3.25. The summed E-state index contributed by atoms with van der Waals surface area (Å²) in [5, 5.41) is 5.83. The maximum atomic E-state index is 11.7. The van der Waals surface area contributed by atoms with Gasteiger partial charge >= 0.3 is 6.03 Å². The molecule has 0 aromatic heterocycles. The summed E-state index contributed by atoms with van der Waals surface area (Å²) in [6.45, 7) is 9.93. The molecule has 2 N–H and O–H groups in total. The van der Waals surface area contributed by atoms with Crippen molar-refractivity contribution in [3.05, 3.63) is 35.9 Å². The van der Waals surface area contributed by atoms with Crippen molar-refractivity contribution in [3.8, 4) is 0 Å². The second kappa shape index (κ2) is 7.17. The summed E-state index contributed by atoms with van der Waals surface area (Å²) in [4.78, 5) is 11.7. The predicted octanol–water partition coefficient (Wildman–Crippen LogP) is 3.31. The third kappa shape index (κ3) is 5.77. The van der Waals surface area contributed by atoms with E-state index in [0.29, 0.717) is 12.5 Å². The number of urea groups is 1. The molecule has 1 aromatic rings. The molecular formula is C16H26N2O. The first-order chi connectivity index (χ1) is 8.92. The highest BCUT2D eigenvalue weighted by molar-refractivity contribution is 5.73. The Morgan fingerprint density at radius 3 is 2.37 bits per heavy atom. The van der Waals surface area contributed by atoms with Gasteiger partial charge in [-0.25, -0.2) is 4.79 Å². The molecular weight excluding hydrogens is 236 g/mol. The maximum Gasteiger partial charge on any atom is 0.314 e. The van der Waals surface area contributed by atoms with Gasteiger partial charge in [-0.05, 0) is 17.9 Å². The maximum absolute atomic E-state index is 11.7. The molecule has 0 radical (unpaired) electrons. The first kappa shape index (κ1) is 15.5. The van der Waals surface area contributed by atoms with Crippen LogP contribution in [-0.4, -0.2) is 19.1 Å². The topological polar surface area (TPSA) is 41.1 Å². The van der Waals surface area contributed by atoms with Gasteiger partial charge in [0.15, 0.2) is 0 Å². The SMILES string of the molecule is CC(C)CCNC(=O)NCC(C)(C)c1ccccc1. The molecule has 0 aliphatic heterocycles. The Morgan fingerprint density at radius 2 is 1.79 bits per heavy atom. The number of hydrogen-bond acceptors (Lipinski definition) is 1. The molecule has 0 bridgehead atoms. The normalized spacial score (nSPS) is 11.4. The Labute approximate surface area is 116 Å². The number of carbonyl (C=O) groups excluding carboxylic acids is 1. The van der Waals surface area contributed by atoms with Crippen LogP contribution >= 0.6 is 0 Å². The Kier molecular flexibility index (Phi) is 5.87. The predicted molar refractivity (Wildman–Crippen MR) is 80.3 cm³/mol. The molecule has 3 heteroatoms. The van der Waals surface area contributed by atoms with Crippen LogP contribution in [0.3, 0.4) is 0 Å². The molecule has 0 spiro atoms. The van der Waals surface area contributed by atoms with Crippen LogP contribution < -0.4 is 10.6 Å². The zero-order valence-electron chi connectivity index (χ0n) is 12.5. The highest BCUT2D eigenvalue weighted by Crippen LogP contribution is 2.21. The van der Waals surface area contributed by atoms with Crippen molar-refractivity contribution in [2.75, 3.05) is 13.1 Å². The fraction of sp³-hybridized carbons (Fsp3) is 0.562. The van der Waals surface area contributed by atoms with Crippen LogP contribution in [-0.2, 0) is 5.41 Å². The van der Waals surface area contributed by atoms with Crippen LogP contribution in [0.15, 0.2) is 30.3 Å². The molecule has 0 unspecified atom stereocenters. The molecule has 0 saturated heterocycles. The zero-order chi connectivity index (χ0) is 14.3. The van der Waals surface area contributed by atoms with Crippen LogP contribution in [0, 0.1) is 5.92 Å². The first-order valence-corrected chi connectivity index (χ1v) is 6.99. The lowest BCUT2D eigenvalue weighted by atomic mass is 9.85. The summed E-state index contributed by atoms with van der Waals surface area (Å²) in [5.74, 6) is 0.612. The van der Waals surface area contributed by atoms with Crippen molar-refractivity contribution in [2.45, 2.75) is 39.5 Å². The van der Waals surface area contributed by atoms with Crippen molar-refractivity contribution in [3.63, 3.8) is 0 Å². The van der Waals surface area contributed by atoms with Crippen molar-refractivity contribution < 1.29 is 4.79 Å². The third-order valence-electron chi connectivity index (χ3n) is 3.25. The second-order valence-electron chi connectivity index (χ2n) is 6.04. The number of nitrogens with one attached hydrogen (secondary N) is 2. The molecule has 106 valence electrons. The van der Waals surface area contributed by atoms with Crippen LogP contribution in [0.2, 0.25) is 0 Å². The minimum Gasteiger partial charge on any atom is -0.338 e. The number of amides is 2. The zero-order valence-corrected chi connectivity index (χ0v) is 12.5. The smallest absolute Gasteiger partial charge is 0.314 e. The fourth-order valence-corrected chi connectivity index (χ4v) is 1.83. The summed E-state index contributed by atoms with van der Waals surface area (Å²) in [6.07, 6.45) is 1.01. The van der Waals surface area contributed by atoms with Gasteiger partial charge in [-0.2, -0.15) is 0 Å². The van der Waals surface area contributed by atoms with Gasteiger partial charge in [0.05, 0.1) is 0 Å². The van der Waals surface area contributed by atoms with Gasteiger partial charge in [0, 0.05) is 18.5 Å². The lowest BCUT2D eigenvalue weighted by Crippen LogP contribution is -2.42. The molecule has 0 saturated carbocycles. The highest BCUT2D eigenvalue weighted by atomic mass is 16.2. The van der Waals surface area contributed by atoms with E-state index >= 15 is 0 Å². The molecule has 2 amide bonds. The van der Waals surface area contributed by atoms with Gasteiger partial charge in [0.25, 0.3) is 0 Å². The lowest BCUT2D eigenvalue weighted by molar-refractivity contribution is 0.238. The van der Waals surface area contributed by atoms with Gasteiger partial charge in [-0.15, -0.1) is 0 Å². The van der Waals surface area contributed by atoms with Crippen molar-refractivity contribution >= 4 is 6.03 Å². The van der Waals surface area contributed by atoms with E-state index in [2.05, 4.69) is 50.5 Å². The van der Waals surface area contributed by atoms with Gasteiger partial charge < -0.3 is 10.6 Å². The fourth-order valence-electron chi connectivity index (χ4n) is 1.83. The van der Waals surface area contributed by atoms with E-state index in [9.17, 15) is 4.79 Å². The lowest BCUT2D eigenvalue weighted by Gasteiger charge is -2.25. The van der Waals surface area contributed by atoms with E-state index in [4.69, 9.17) is 0 Å². The standard InChI is InChI=1S/C16H26N2O/c1-13(2)10-11-17-15(19)18-12-16(3,4)14-8-6-5-7-9-14/h5-9,13H,10-12H2,1-4H3,(H2,17,18,19). The minimum atomic E-state index is -0.0790. The van der Waals surface area contributed by atoms with E-state index in [1.807, 2.05) is 18.2 Å². The number of hydrogen-bond donors (Lipinski definition) is 2. The average molecular weight is 262 g/mol. The Bertz CT molecular complexity index is 385. The van der Waals surface area contributed by atoms with Crippen molar-refractivity contribution in [1.82, 2.24) is 10.6 Å². The Morgan fingerprint density at radius 1 is 1.16 bits per heavy atom. The van der Waals surface area contributed by atoms with Crippen LogP contribution in [0.4, 0.5) is 4.79 Å². The quantitative estimate of drug-likeness (QED) is 0.811. The van der Waals surface area contributed by atoms with Crippen LogP contribution in [0.5, 0.6) is 0 Å². The Balaban J connectivity index is 2.37. The molecule has 3 nitrogen and oxygen atoms in total. The van der Waals surface area contributed by atoms with E-state index in [1.54, 1.807) is 0 Å². The van der Waals surface area contributed by atoms with Gasteiger partial charge in [0.2, 0.25) is 0 Å².